The number of likely N-dealkylation sites (tertiary alicyclic amines) is 1. The first-order valence-corrected chi connectivity index (χ1v) is 6.92. The molecule has 104 valence electrons. The number of hydrogen-bond acceptors (Lipinski definition) is 3. The number of carbonyl (C=O) groups excluding carboxylic acids is 1. The van der Waals surface area contributed by atoms with Crippen LogP contribution in [0.5, 0.6) is 0 Å². The number of carbonyl (C=O) groups is 1. The van der Waals surface area contributed by atoms with E-state index >= 15 is 0 Å². The van der Waals surface area contributed by atoms with Crippen molar-refractivity contribution in [1.82, 2.24) is 4.90 Å². The van der Waals surface area contributed by atoms with E-state index < -0.39 is 6.09 Å². The minimum Gasteiger partial charge on any atom is -0.357 e. The van der Waals surface area contributed by atoms with Gasteiger partial charge in [-0.2, -0.15) is 5.90 Å². The predicted octanol–water partition coefficient (Wildman–Crippen LogP) is 3.57. The minimum atomic E-state index is -0.495. The average Bonchev–Trinajstić information content (AvgIpc) is 2.37. The minimum absolute atomic E-state index is 0.000617. The van der Waals surface area contributed by atoms with Crippen molar-refractivity contribution in [3.8, 4) is 0 Å². The smallest absolute Gasteiger partial charge is 0.357 e. The zero-order chi connectivity index (χ0) is 14.0. The molecule has 1 heterocycles. The highest BCUT2D eigenvalue weighted by atomic mass is 35.5. The third kappa shape index (κ3) is 3.14. The summed E-state index contributed by atoms with van der Waals surface area (Å²) in [4.78, 5) is 17.6. The van der Waals surface area contributed by atoms with Crippen LogP contribution in [0, 0.1) is 0 Å². The molecule has 1 aromatic rings. The second-order valence-electron chi connectivity index (χ2n) is 4.77. The highest BCUT2D eigenvalue weighted by Crippen LogP contribution is 2.35. The van der Waals surface area contributed by atoms with Crippen LogP contribution < -0.4 is 5.90 Å². The molecule has 1 saturated heterocycles. The van der Waals surface area contributed by atoms with Crippen molar-refractivity contribution in [3.05, 3.63) is 33.8 Å². The fourth-order valence-corrected chi connectivity index (χ4v) is 3.25. The van der Waals surface area contributed by atoms with Gasteiger partial charge in [-0.25, -0.2) is 4.79 Å². The number of rotatable bonds is 1. The molecule has 6 heteroatoms. The first-order chi connectivity index (χ1) is 9.02. The molecule has 1 fully saturated rings. The standard InChI is InChI=1S/C13H16Cl2N2O2/c1-8-12(3-2-4-17(8)13(18)19-16)9-5-10(14)7-11(15)6-9/h5-8,12H,2-4,16H2,1H3. The van der Waals surface area contributed by atoms with Gasteiger partial charge in [-0.3, -0.25) is 0 Å². The quantitative estimate of drug-likeness (QED) is 0.807. The summed E-state index contributed by atoms with van der Waals surface area (Å²) in [7, 11) is 0. The van der Waals surface area contributed by atoms with Gasteiger partial charge in [0.1, 0.15) is 0 Å². The van der Waals surface area contributed by atoms with Gasteiger partial charge < -0.3 is 9.74 Å². The van der Waals surface area contributed by atoms with Crippen LogP contribution in [-0.4, -0.2) is 23.6 Å². The van der Waals surface area contributed by atoms with Gasteiger partial charge in [0.25, 0.3) is 0 Å². The summed E-state index contributed by atoms with van der Waals surface area (Å²) in [5, 5.41) is 1.21. The molecule has 1 aliphatic heterocycles. The Morgan fingerprint density at radius 1 is 1.37 bits per heavy atom. The van der Waals surface area contributed by atoms with Crippen LogP contribution in [-0.2, 0) is 4.84 Å². The van der Waals surface area contributed by atoms with Crippen molar-refractivity contribution in [2.45, 2.75) is 31.7 Å². The Kier molecular flexibility index (Phi) is 4.55. The summed E-state index contributed by atoms with van der Waals surface area (Å²) in [6, 6.07) is 5.49. The number of nitrogens with two attached hydrogens (primary N) is 1. The third-order valence-corrected chi connectivity index (χ3v) is 4.07. The first kappa shape index (κ1) is 14.4. The molecule has 2 rings (SSSR count). The molecule has 2 unspecified atom stereocenters. The topological polar surface area (TPSA) is 55.6 Å². The van der Waals surface area contributed by atoms with E-state index in [0.29, 0.717) is 16.6 Å². The van der Waals surface area contributed by atoms with Crippen molar-refractivity contribution >= 4 is 29.3 Å². The van der Waals surface area contributed by atoms with Gasteiger partial charge in [0.15, 0.2) is 0 Å². The lowest BCUT2D eigenvalue weighted by atomic mass is 9.84. The van der Waals surface area contributed by atoms with Crippen molar-refractivity contribution in [3.63, 3.8) is 0 Å². The Hall–Kier alpha value is -0.970. The second-order valence-corrected chi connectivity index (χ2v) is 5.64. The zero-order valence-corrected chi connectivity index (χ0v) is 12.1. The number of hydrogen-bond donors (Lipinski definition) is 1. The van der Waals surface area contributed by atoms with Crippen molar-refractivity contribution in [1.29, 1.82) is 0 Å². The molecular weight excluding hydrogens is 287 g/mol. The van der Waals surface area contributed by atoms with E-state index in [0.717, 1.165) is 18.4 Å². The summed E-state index contributed by atoms with van der Waals surface area (Å²) < 4.78 is 0. The molecule has 0 radical (unpaired) electrons. The SMILES string of the molecule is CC1C(c2cc(Cl)cc(Cl)c2)CCCN1C(=O)ON. The van der Waals surface area contributed by atoms with E-state index in [1.54, 1.807) is 11.0 Å². The van der Waals surface area contributed by atoms with Gasteiger partial charge >= 0.3 is 6.09 Å². The zero-order valence-electron chi connectivity index (χ0n) is 10.6. The third-order valence-electron chi connectivity index (χ3n) is 3.64. The molecule has 0 aromatic heterocycles. The summed E-state index contributed by atoms with van der Waals surface area (Å²) in [6.45, 7) is 2.64. The molecule has 4 nitrogen and oxygen atoms in total. The van der Waals surface area contributed by atoms with Crippen LogP contribution in [0.25, 0.3) is 0 Å². The highest BCUT2D eigenvalue weighted by molar-refractivity contribution is 6.34. The van der Waals surface area contributed by atoms with Crippen LogP contribution >= 0.6 is 23.2 Å². The maximum Gasteiger partial charge on any atom is 0.428 e. The van der Waals surface area contributed by atoms with E-state index in [1.165, 1.54) is 0 Å². The van der Waals surface area contributed by atoms with E-state index in [4.69, 9.17) is 29.1 Å². The molecule has 2 atom stereocenters. The van der Waals surface area contributed by atoms with Gasteiger partial charge in [-0.05, 0) is 43.5 Å². The molecular formula is C13H16Cl2N2O2. The first-order valence-electron chi connectivity index (χ1n) is 6.16. The fraction of sp³-hybridized carbons (Fsp3) is 0.462. The number of benzene rings is 1. The lowest BCUT2D eigenvalue weighted by Crippen LogP contribution is -2.46. The van der Waals surface area contributed by atoms with Gasteiger partial charge in [-0.15, -0.1) is 0 Å². The maximum atomic E-state index is 11.6. The molecule has 0 spiro atoms. The normalized spacial score (nSPS) is 23.3. The fourth-order valence-electron chi connectivity index (χ4n) is 2.70. The Labute approximate surface area is 122 Å². The van der Waals surface area contributed by atoms with Gasteiger partial charge in [0, 0.05) is 28.5 Å². The van der Waals surface area contributed by atoms with Gasteiger partial charge in [0.05, 0.1) is 0 Å². The van der Waals surface area contributed by atoms with Gasteiger partial charge in [-0.1, -0.05) is 23.2 Å². The van der Waals surface area contributed by atoms with Crippen LogP contribution in [0.4, 0.5) is 4.79 Å². The van der Waals surface area contributed by atoms with Gasteiger partial charge in [0.2, 0.25) is 0 Å². The molecule has 0 aliphatic carbocycles. The molecule has 2 N–H and O–H groups in total. The Morgan fingerprint density at radius 3 is 2.58 bits per heavy atom. The van der Waals surface area contributed by atoms with E-state index in [9.17, 15) is 4.79 Å². The largest absolute Gasteiger partial charge is 0.428 e. The molecule has 1 aliphatic rings. The summed E-state index contributed by atoms with van der Waals surface area (Å²) in [5.41, 5.74) is 1.04. The monoisotopic (exact) mass is 302 g/mol. The Balaban J connectivity index is 2.26. The average molecular weight is 303 g/mol. The van der Waals surface area contributed by atoms with Crippen molar-refractivity contribution in [2.24, 2.45) is 5.90 Å². The van der Waals surface area contributed by atoms with E-state index in [-0.39, 0.29) is 12.0 Å². The second kappa shape index (κ2) is 5.99. The molecule has 0 saturated carbocycles. The van der Waals surface area contributed by atoms with E-state index in [2.05, 4.69) is 4.84 Å². The summed E-state index contributed by atoms with van der Waals surface area (Å²) in [6.07, 6.45) is 1.38. The molecule has 1 amide bonds. The Morgan fingerprint density at radius 2 is 2.00 bits per heavy atom. The van der Waals surface area contributed by atoms with Crippen molar-refractivity contribution in [2.75, 3.05) is 6.54 Å². The van der Waals surface area contributed by atoms with Crippen LogP contribution in [0.1, 0.15) is 31.2 Å². The lowest BCUT2D eigenvalue weighted by Gasteiger charge is -2.38. The Bertz CT molecular complexity index is 461. The number of amides is 1. The number of piperidine rings is 1. The van der Waals surface area contributed by atoms with Crippen LogP contribution in [0.3, 0.4) is 0 Å². The lowest BCUT2D eigenvalue weighted by molar-refractivity contribution is 0.0709. The molecule has 0 bridgehead atoms. The predicted molar refractivity (Wildman–Crippen MR) is 75.3 cm³/mol. The van der Waals surface area contributed by atoms with Crippen LogP contribution in [0.2, 0.25) is 10.0 Å². The van der Waals surface area contributed by atoms with E-state index in [1.807, 2.05) is 19.1 Å². The van der Waals surface area contributed by atoms with Crippen LogP contribution in [0.15, 0.2) is 18.2 Å². The van der Waals surface area contributed by atoms with Crippen molar-refractivity contribution < 1.29 is 9.63 Å². The maximum absolute atomic E-state index is 11.6. The molecule has 19 heavy (non-hydrogen) atoms. The summed E-state index contributed by atoms with van der Waals surface area (Å²) >= 11 is 12.1. The summed E-state index contributed by atoms with van der Waals surface area (Å²) in [5.74, 6) is 5.15. The highest BCUT2D eigenvalue weighted by Gasteiger charge is 2.33. The number of halogens is 2. The number of nitrogens with zero attached hydrogens (tertiary/aromatic N) is 1. The molecule has 1 aromatic carbocycles.